The smallest absolute Gasteiger partial charge is 0.151 e. The molecule has 0 atom stereocenters. The van der Waals surface area contributed by atoms with E-state index in [-0.39, 0.29) is 12.3 Å². The van der Waals surface area contributed by atoms with E-state index in [0.717, 1.165) is 29.8 Å². The highest BCUT2D eigenvalue weighted by molar-refractivity contribution is 6.02. The molecule has 1 aliphatic carbocycles. The van der Waals surface area contributed by atoms with Gasteiger partial charge in [0.25, 0.3) is 0 Å². The van der Waals surface area contributed by atoms with Crippen molar-refractivity contribution in [1.82, 2.24) is 9.97 Å². The van der Waals surface area contributed by atoms with Gasteiger partial charge in [0.1, 0.15) is 6.33 Å². The SMILES string of the molecule is CC(=O)CN=C(c1ncncc1C)C1CCCC1. The fourth-order valence-corrected chi connectivity index (χ4v) is 2.46. The first-order valence-electron chi connectivity index (χ1n) is 6.49. The fraction of sp³-hybridized carbons (Fsp3) is 0.571. The number of aryl methyl sites for hydroxylation is 1. The number of ketones is 1. The molecule has 0 unspecified atom stereocenters. The predicted octanol–water partition coefficient (Wildman–Crippen LogP) is 2.35. The van der Waals surface area contributed by atoms with Gasteiger partial charge in [0.2, 0.25) is 0 Å². The van der Waals surface area contributed by atoms with Gasteiger partial charge in [-0.2, -0.15) is 0 Å². The summed E-state index contributed by atoms with van der Waals surface area (Å²) in [7, 11) is 0. The third-order valence-electron chi connectivity index (χ3n) is 3.35. The standard InChI is InChI=1S/C14H19N3O/c1-10-7-15-9-17-13(10)14(16-8-11(2)18)12-5-3-4-6-12/h7,9,12H,3-6,8H2,1-2H3. The Kier molecular flexibility index (Phi) is 4.18. The summed E-state index contributed by atoms with van der Waals surface area (Å²) in [6.45, 7) is 3.82. The summed E-state index contributed by atoms with van der Waals surface area (Å²) < 4.78 is 0. The zero-order chi connectivity index (χ0) is 13.0. The summed E-state index contributed by atoms with van der Waals surface area (Å²) in [5.74, 6) is 0.551. The average Bonchev–Trinajstić information content (AvgIpc) is 2.85. The van der Waals surface area contributed by atoms with E-state index in [1.54, 1.807) is 19.4 Å². The molecule has 0 aliphatic heterocycles. The van der Waals surface area contributed by atoms with Crippen molar-refractivity contribution in [2.24, 2.45) is 10.9 Å². The Morgan fingerprint density at radius 1 is 1.44 bits per heavy atom. The van der Waals surface area contributed by atoms with Gasteiger partial charge in [-0.15, -0.1) is 0 Å². The molecule has 1 fully saturated rings. The van der Waals surface area contributed by atoms with Crippen molar-refractivity contribution in [3.8, 4) is 0 Å². The zero-order valence-corrected chi connectivity index (χ0v) is 11.0. The van der Waals surface area contributed by atoms with E-state index in [1.165, 1.54) is 12.8 Å². The van der Waals surface area contributed by atoms with Gasteiger partial charge >= 0.3 is 0 Å². The number of carbonyl (C=O) groups excluding carboxylic acids is 1. The highest BCUT2D eigenvalue weighted by Crippen LogP contribution is 2.28. The lowest BCUT2D eigenvalue weighted by molar-refractivity contribution is -0.115. The molecule has 2 rings (SSSR count). The lowest BCUT2D eigenvalue weighted by atomic mass is 9.96. The first-order chi connectivity index (χ1) is 8.68. The van der Waals surface area contributed by atoms with Crippen LogP contribution in [0.1, 0.15) is 43.9 Å². The van der Waals surface area contributed by atoms with E-state index in [1.807, 2.05) is 6.92 Å². The quantitative estimate of drug-likeness (QED) is 0.765. The van der Waals surface area contributed by atoms with Crippen LogP contribution >= 0.6 is 0 Å². The van der Waals surface area contributed by atoms with Crippen molar-refractivity contribution in [3.63, 3.8) is 0 Å². The number of hydrogen-bond acceptors (Lipinski definition) is 4. The van der Waals surface area contributed by atoms with Gasteiger partial charge in [0.05, 0.1) is 18.0 Å². The van der Waals surface area contributed by atoms with E-state index < -0.39 is 0 Å². The van der Waals surface area contributed by atoms with Gasteiger partial charge in [-0.05, 0) is 32.3 Å². The molecule has 1 aromatic heterocycles. The molecular weight excluding hydrogens is 226 g/mol. The Hall–Kier alpha value is -1.58. The maximum absolute atomic E-state index is 11.1. The molecule has 4 heteroatoms. The molecule has 1 saturated carbocycles. The molecule has 0 spiro atoms. The first kappa shape index (κ1) is 12.9. The highest BCUT2D eigenvalue weighted by atomic mass is 16.1. The molecular formula is C14H19N3O. The minimum atomic E-state index is 0.0946. The van der Waals surface area contributed by atoms with Crippen LogP contribution in [0.2, 0.25) is 0 Å². The molecule has 1 heterocycles. The minimum absolute atomic E-state index is 0.0946. The van der Waals surface area contributed by atoms with Crippen molar-refractivity contribution >= 4 is 11.5 Å². The van der Waals surface area contributed by atoms with Gasteiger partial charge in [-0.3, -0.25) is 9.79 Å². The summed E-state index contributed by atoms with van der Waals surface area (Å²) in [6, 6.07) is 0. The molecule has 96 valence electrons. The number of rotatable bonds is 4. The van der Waals surface area contributed by atoms with Crippen molar-refractivity contribution in [2.75, 3.05) is 6.54 Å². The van der Waals surface area contributed by atoms with E-state index in [2.05, 4.69) is 15.0 Å². The lowest BCUT2D eigenvalue weighted by Gasteiger charge is -2.14. The number of Topliss-reactive ketones (excluding diaryl/α,β-unsaturated/α-hetero) is 1. The lowest BCUT2D eigenvalue weighted by Crippen LogP contribution is -2.17. The summed E-state index contributed by atoms with van der Waals surface area (Å²) >= 11 is 0. The number of nitrogens with zero attached hydrogens (tertiary/aromatic N) is 3. The van der Waals surface area contributed by atoms with Gasteiger partial charge in [-0.25, -0.2) is 9.97 Å². The number of carbonyl (C=O) groups is 1. The van der Waals surface area contributed by atoms with E-state index in [4.69, 9.17) is 0 Å². The Morgan fingerprint density at radius 2 is 2.17 bits per heavy atom. The number of aliphatic imine (C=N–C) groups is 1. The molecule has 0 N–H and O–H groups in total. The molecule has 4 nitrogen and oxygen atoms in total. The third-order valence-corrected chi connectivity index (χ3v) is 3.35. The largest absolute Gasteiger partial charge is 0.298 e. The van der Waals surface area contributed by atoms with E-state index in [9.17, 15) is 4.79 Å². The summed E-state index contributed by atoms with van der Waals surface area (Å²) in [6.07, 6.45) is 8.16. The molecule has 0 radical (unpaired) electrons. The van der Waals surface area contributed by atoms with Gasteiger partial charge in [0.15, 0.2) is 5.78 Å². The van der Waals surface area contributed by atoms with Crippen LogP contribution in [0.5, 0.6) is 0 Å². The van der Waals surface area contributed by atoms with Crippen LogP contribution < -0.4 is 0 Å². The average molecular weight is 245 g/mol. The second-order valence-corrected chi connectivity index (χ2v) is 4.94. The van der Waals surface area contributed by atoms with E-state index >= 15 is 0 Å². The maximum atomic E-state index is 11.1. The first-order valence-corrected chi connectivity index (χ1v) is 6.49. The predicted molar refractivity (Wildman–Crippen MR) is 70.8 cm³/mol. The second kappa shape index (κ2) is 5.85. The molecule has 0 saturated heterocycles. The second-order valence-electron chi connectivity index (χ2n) is 4.94. The van der Waals surface area contributed by atoms with Gasteiger partial charge in [0, 0.05) is 12.1 Å². The third kappa shape index (κ3) is 3.00. The van der Waals surface area contributed by atoms with E-state index in [0.29, 0.717) is 5.92 Å². The number of aromatic nitrogens is 2. The zero-order valence-electron chi connectivity index (χ0n) is 11.0. The molecule has 0 aromatic carbocycles. The highest BCUT2D eigenvalue weighted by Gasteiger charge is 2.24. The Morgan fingerprint density at radius 3 is 2.78 bits per heavy atom. The van der Waals surface area contributed by atoms with Crippen molar-refractivity contribution in [2.45, 2.75) is 39.5 Å². The number of hydrogen-bond donors (Lipinski definition) is 0. The Bertz CT molecular complexity index is 462. The van der Waals surface area contributed by atoms with Crippen LogP contribution in [0.25, 0.3) is 0 Å². The maximum Gasteiger partial charge on any atom is 0.151 e. The van der Waals surface area contributed by atoms with Gasteiger partial charge < -0.3 is 0 Å². The van der Waals surface area contributed by atoms with Crippen LogP contribution in [-0.2, 0) is 4.79 Å². The minimum Gasteiger partial charge on any atom is -0.298 e. The monoisotopic (exact) mass is 245 g/mol. The normalized spacial score (nSPS) is 17.1. The van der Waals surface area contributed by atoms with Gasteiger partial charge in [-0.1, -0.05) is 12.8 Å². The molecule has 0 bridgehead atoms. The van der Waals surface area contributed by atoms with Crippen molar-refractivity contribution < 1.29 is 4.79 Å². The summed E-state index contributed by atoms with van der Waals surface area (Å²) in [5.41, 5.74) is 2.95. The van der Waals surface area contributed by atoms with Crippen LogP contribution in [0.15, 0.2) is 17.5 Å². The van der Waals surface area contributed by atoms with Crippen LogP contribution in [-0.4, -0.2) is 28.0 Å². The Balaban J connectivity index is 2.32. The summed E-state index contributed by atoms with van der Waals surface area (Å²) in [5, 5.41) is 0. The topological polar surface area (TPSA) is 55.2 Å². The fourth-order valence-electron chi connectivity index (χ4n) is 2.46. The molecule has 18 heavy (non-hydrogen) atoms. The van der Waals surface area contributed by atoms with Crippen LogP contribution in [0.3, 0.4) is 0 Å². The van der Waals surface area contributed by atoms with Crippen LogP contribution in [0.4, 0.5) is 0 Å². The Labute approximate surface area is 108 Å². The molecule has 1 aliphatic rings. The van der Waals surface area contributed by atoms with Crippen molar-refractivity contribution in [1.29, 1.82) is 0 Å². The molecule has 1 aromatic rings. The van der Waals surface area contributed by atoms with Crippen molar-refractivity contribution in [3.05, 3.63) is 23.8 Å². The summed E-state index contributed by atoms with van der Waals surface area (Å²) in [4.78, 5) is 24.0. The van der Waals surface area contributed by atoms with Crippen LogP contribution in [0, 0.1) is 12.8 Å². The molecule has 0 amide bonds.